The third-order valence-electron chi connectivity index (χ3n) is 4.44. The topological polar surface area (TPSA) is 81.2 Å². The van der Waals surface area contributed by atoms with Crippen LogP contribution >= 0.6 is 0 Å². The predicted molar refractivity (Wildman–Crippen MR) is 89.8 cm³/mol. The lowest BCUT2D eigenvalue weighted by Crippen LogP contribution is -2.48. The highest BCUT2D eigenvalue weighted by molar-refractivity contribution is 5.21. The number of hydrogen-bond donors (Lipinski definition) is 1. The van der Waals surface area contributed by atoms with Gasteiger partial charge in [-0.3, -0.25) is 9.58 Å². The summed E-state index contributed by atoms with van der Waals surface area (Å²) in [5.41, 5.74) is 1.15. The summed E-state index contributed by atoms with van der Waals surface area (Å²) >= 11 is 0. The number of ether oxygens (including phenoxy) is 1. The number of morpholine rings is 1. The lowest BCUT2D eigenvalue weighted by molar-refractivity contribution is -0.0665. The van der Waals surface area contributed by atoms with Crippen LogP contribution in [-0.2, 0) is 11.8 Å². The maximum atomic E-state index is 6.04. The molecule has 2 atom stereocenters. The summed E-state index contributed by atoms with van der Waals surface area (Å²) in [6.45, 7) is 9.45. The minimum atomic E-state index is -0.0106. The van der Waals surface area contributed by atoms with Crippen molar-refractivity contribution in [1.29, 1.82) is 0 Å². The molecule has 0 aliphatic carbocycles. The van der Waals surface area contributed by atoms with Crippen LogP contribution in [0.4, 0.5) is 6.01 Å². The van der Waals surface area contributed by atoms with Crippen molar-refractivity contribution >= 4 is 6.01 Å². The number of nitrogens with zero attached hydrogens (tertiary/aromatic N) is 5. The molecule has 0 spiro atoms. The Morgan fingerprint density at radius 1 is 1.42 bits per heavy atom. The Bertz CT molecular complexity index is 653. The molecule has 8 nitrogen and oxygen atoms in total. The molecule has 8 heteroatoms. The van der Waals surface area contributed by atoms with E-state index in [-0.39, 0.29) is 18.1 Å². The smallest absolute Gasteiger partial charge is 0.321 e. The van der Waals surface area contributed by atoms with E-state index >= 15 is 0 Å². The second-order valence-corrected chi connectivity index (χ2v) is 6.36. The standard InChI is InChI=1S/C16H26N6O2/c1-5-22-8-9-23-13(14(22)12-6-7-18-21(12)4)10-17-16-19-15(11(2)3)20-24-16/h6-7,11,13-14H,5,8-10H2,1-4H3,(H,17,19,20)/t13-,14-/m0/s1. The van der Waals surface area contributed by atoms with Crippen LogP contribution in [0.1, 0.15) is 44.2 Å². The lowest BCUT2D eigenvalue weighted by Gasteiger charge is -2.40. The van der Waals surface area contributed by atoms with Gasteiger partial charge in [0, 0.05) is 32.3 Å². The normalized spacial score (nSPS) is 22.2. The van der Waals surface area contributed by atoms with Gasteiger partial charge in [0.25, 0.3) is 0 Å². The van der Waals surface area contributed by atoms with Crippen molar-refractivity contribution in [3.63, 3.8) is 0 Å². The van der Waals surface area contributed by atoms with Crippen LogP contribution in [0.25, 0.3) is 0 Å². The summed E-state index contributed by atoms with van der Waals surface area (Å²) in [6.07, 6.45) is 1.82. The van der Waals surface area contributed by atoms with Crippen LogP contribution in [0.3, 0.4) is 0 Å². The zero-order valence-corrected chi connectivity index (χ0v) is 14.8. The van der Waals surface area contributed by atoms with Gasteiger partial charge in [-0.1, -0.05) is 25.9 Å². The van der Waals surface area contributed by atoms with E-state index in [2.05, 4.69) is 38.4 Å². The second-order valence-electron chi connectivity index (χ2n) is 6.36. The molecule has 3 rings (SSSR count). The van der Waals surface area contributed by atoms with Gasteiger partial charge in [0.2, 0.25) is 0 Å². The Kier molecular flexibility index (Phi) is 5.15. The quantitative estimate of drug-likeness (QED) is 0.862. The Labute approximate surface area is 142 Å². The van der Waals surface area contributed by atoms with Gasteiger partial charge in [0.05, 0.1) is 24.4 Å². The number of aryl methyl sites for hydroxylation is 1. The largest absolute Gasteiger partial charge is 0.373 e. The summed E-state index contributed by atoms with van der Waals surface area (Å²) in [5.74, 6) is 0.952. The fourth-order valence-corrected chi connectivity index (χ4v) is 3.09. The first-order chi connectivity index (χ1) is 11.6. The van der Waals surface area contributed by atoms with E-state index in [4.69, 9.17) is 9.26 Å². The highest BCUT2D eigenvalue weighted by Gasteiger charge is 2.34. The molecular weight excluding hydrogens is 308 g/mol. The lowest BCUT2D eigenvalue weighted by atomic mass is 10.0. The Morgan fingerprint density at radius 3 is 2.88 bits per heavy atom. The molecule has 3 heterocycles. The van der Waals surface area contributed by atoms with Gasteiger partial charge in [-0.25, -0.2) is 0 Å². The minimum absolute atomic E-state index is 0.0106. The highest BCUT2D eigenvalue weighted by Crippen LogP contribution is 2.29. The molecule has 1 N–H and O–H groups in total. The SMILES string of the molecule is CCN1CCO[C@@H](CNc2nc(C(C)C)no2)[C@@H]1c1ccnn1C. The van der Waals surface area contributed by atoms with Crippen molar-refractivity contribution < 1.29 is 9.26 Å². The minimum Gasteiger partial charge on any atom is -0.373 e. The van der Waals surface area contributed by atoms with Gasteiger partial charge >= 0.3 is 6.01 Å². The van der Waals surface area contributed by atoms with Gasteiger partial charge in [-0.15, -0.1) is 0 Å². The number of hydrogen-bond acceptors (Lipinski definition) is 7. The first-order valence-electron chi connectivity index (χ1n) is 8.51. The third kappa shape index (κ3) is 3.44. The molecule has 24 heavy (non-hydrogen) atoms. The number of anilines is 1. The molecule has 1 aliphatic rings. The van der Waals surface area contributed by atoms with Gasteiger partial charge < -0.3 is 14.6 Å². The number of rotatable bonds is 6. The second kappa shape index (κ2) is 7.31. The molecule has 0 aromatic carbocycles. The van der Waals surface area contributed by atoms with Crippen molar-refractivity contribution in [2.24, 2.45) is 7.05 Å². The van der Waals surface area contributed by atoms with Gasteiger partial charge in [-0.05, 0) is 12.6 Å². The molecule has 0 amide bonds. The van der Waals surface area contributed by atoms with E-state index < -0.39 is 0 Å². The van der Waals surface area contributed by atoms with Crippen LogP contribution in [-0.4, -0.2) is 57.2 Å². The molecular formula is C16H26N6O2. The zero-order chi connectivity index (χ0) is 17.1. The predicted octanol–water partition coefficient (Wildman–Crippen LogP) is 1.80. The van der Waals surface area contributed by atoms with Gasteiger partial charge in [0.15, 0.2) is 5.82 Å². The van der Waals surface area contributed by atoms with E-state index in [1.54, 1.807) is 0 Å². The van der Waals surface area contributed by atoms with E-state index in [0.717, 1.165) is 25.4 Å². The van der Waals surface area contributed by atoms with Gasteiger partial charge in [0.1, 0.15) is 0 Å². The fourth-order valence-electron chi connectivity index (χ4n) is 3.09. The number of nitrogens with one attached hydrogen (secondary N) is 1. The van der Waals surface area contributed by atoms with Crippen LogP contribution in [0.5, 0.6) is 0 Å². The monoisotopic (exact) mass is 334 g/mol. The van der Waals surface area contributed by atoms with Gasteiger partial charge in [-0.2, -0.15) is 10.1 Å². The third-order valence-corrected chi connectivity index (χ3v) is 4.44. The Morgan fingerprint density at radius 2 is 2.25 bits per heavy atom. The fraction of sp³-hybridized carbons (Fsp3) is 0.688. The first-order valence-corrected chi connectivity index (χ1v) is 8.51. The zero-order valence-electron chi connectivity index (χ0n) is 14.8. The van der Waals surface area contributed by atoms with Crippen molar-refractivity contribution in [3.8, 4) is 0 Å². The molecule has 0 saturated carbocycles. The number of aromatic nitrogens is 4. The molecule has 2 aromatic heterocycles. The maximum Gasteiger partial charge on any atom is 0.321 e. The summed E-state index contributed by atoms with van der Waals surface area (Å²) in [7, 11) is 1.97. The molecule has 2 aromatic rings. The summed E-state index contributed by atoms with van der Waals surface area (Å²) in [6, 6.07) is 2.65. The highest BCUT2D eigenvalue weighted by atomic mass is 16.5. The van der Waals surface area contributed by atoms with Crippen LogP contribution in [0.2, 0.25) is 0 Å². The maximum absolute atomic E-state index is 6.04. The molecule has 0 bridgehead atoms. The summed E-state index contributed by atoms with van der Waals surface area (Å²) in [5, 5.41) is 11.5. The van der Waals surface area contributed by atoms with Crippen LogP contribution < -0.4 is 5.32 Å². The molecule has 0 unspecified atom stereocenters. The summed E-state index contributed by atoms with van der Waals surface area (Å²) in [4.78, 5) is 6.78. The van der Waals surface area contributed by atoms with Crippen molar-refractivity contribution in [2.75, 3.05) is 31.6 Å². The van der Waals surface area contributed by atoms with Crippen molar-refractivity contribution in [3.05, 3.63) is 23.8 Å². The van der Waals surface area contributed by atoms with Crippen LogP contribution in [0.15, 0.2) is 16.8 Å². The Balaban J connectivity index is 1.72. The number of likely N-dealkylation sites (N-methyl/N-ethyl adjacent to an activating group) is 1. The molecule has 132 valence electrons. The molecule has 1 aliphatic heterocycles. The molecule has 1 saturated heterocycles. The van der Waals surface area contributed by atoms with E-state index in [0.29, 0.717) is 18.4 Å². The van der Waals surface area contributed by atoms with Crippen molar-refractivity contribution in [1.82, 2.24) is 24.8 Å². The average Bonchev–Trinajstić information content (AvgIpc) is 3.21. The average molecular weight is 334 g/mol. The van der Waals surface area contributed by atoms with Crippen LogP contribution in [0, 0.1) is 0 Å². The van der Waals surface area contributed by atoms with E-state index in [1.807, 2.05) is 31.8 Å². The summed E-state index contributed by atoms with van der Waals surface area (Å²) < 4.78 is 13.2. The first kappa shape index (κ1) is 16.9. The molecule has 1 fully saturated rings. The van der Waals surface area contributed by atoms with E-state index in [1.165, 1.54) is 0 Å². The molecule has 0 radical (unpaired) electrons. The van der Waals surface area contributed by atoms with E-state index in [9.17, 15) is 0 Å². The Hall–Kier alpha value is -1.93. The van der Waals surface area contributed by atoms with Crippen molar-refractivity contribution in [2.45, 2.75) is 38.8 Å².